The van der Waals surface area contributed by atoms with Crippen LogP contribution in [0.25, 0.3) is 10.8 Å². The van der Waals surface area contributed by atoms with E-state index in [1.807, 2.05) is 42.5 Å². The van der Waals surface area contributed by atoms with Crippen LogP contribution >= 0.6 is 27.3 Å². The first-order valence-electron chi connectivity index (χ1n) is 6.88. The van der Waals surface area contributed by atoms with Gasteiger partial charge in [-0.2, -0.15) is 0 Å². The van der Waals surface area contributed by atoms with Crippen molar-refractivity contribution in [2.24, 2.45) is 0 Å². The summed E-state index contributed by atoms with van der Waals surface area (Å²) < 4.78 is 27.8. The van der Waals surface area contributed by atoms with Crippen molar-refractivity contribution in [3.63, 3.8) is 0 Å². The van der Waals surface area contributed by atoms with Crippen LogP contribution in [0.15, 0.2) is 62.6 Å². The Labute approximate surface area is 147 Å². The van der Waals surface area contributed by atoms with Crippen LogP contribution in [0, 0.1) is 0 Å². The number of thiophene rings is 1. The smallest absolute Gasteiger partial charge is 0.250 e. The molecule has 0 radical (unpaired) electrons. The van der Waals surface area contributed by atoms with Crippen LogP contribution in [-0.4, -0.2) is 20.1 Å². The van der Waals surface area contributed by atoms with E-state index in [1.54, 1.807) is 6.07 Å². The lowest BCUT2D eigenvalue weighted by Crippen LogP contribution is -2.28. The summed E-state index contributed by atoms with van der Waals surface area (Å²) in [4.78, 5) is 0. The first kappa shape index (κ1) is 16.6. The van der Waals surface area contributed by atoms with Gasteiger partial charge in [-0.3, -0.25) is 0 Å². The Hall–Kier alpha value is -1.25. The first-order valence-corrected chi connectivity index (χ1v) is 9.97. The topological polar surface area (TPSA) is 66.4 Å². The summed E-state index contributed by atoms with van der Waals surface area (Å²) in [6.45, 7) is -0.0775. The minimum absolute atomic E-state index is 0.0775. The summed E-state index contributed by atoms with van der Waals surface area (Å²) in [5.74, 6) is 0. The summed E-state index contributed by atoms with van der Waals surface area (Å²) in [5.41, 5.74) is 0.707. The molecule has 0 bridgehead atoms. The second kappa shape index (κ2) is 6.70. The van der Waals surface area contributed by atoms with Crippen LogP contribution in [0.3, 0.4) is 0 Å². The number of fused-ring (bicyclic) bond motifs is 1. The van der Waals surface area contributed by atoms with Crippen molar-refractivity contribution >= 4 is 48.1 Å². The molecular weight excluding hydrogens is 398 g/mol. The largest absolute Gasteiger partial charge is 0.387 e. The maximum absolute atomic E-state index is 12.2. The van der Waals surface area contributed by atoms with E-state index in [0.29, 0.717) is 5.56 Å². The van der Waals surface area contributed by atoms with Crippen molar-refractivity contribution < 1.29 is 13.5 Å². The van der Waals surface area contributed by atoms with Crippen LogP contribution in [0.4, 0.5) is 0 Å². The number of nitrogens with one attached hydrogen (secondary N) is 1. The predicted molar refractivity (Wildman–Crippen MR) is 96.1 cm³/mol. The standard InChI is InChI=1S/C16H14BrNO3S2/c17-15-8-9-16(22-15)23(20,21)18-10-14(19)13-7-3-5-11-4-1-2-6-12(11)13/h1-9,14,18-19H,10H2. The molecule has 7 heteroatoms. The number of hydrogen-bond donors (Lipinski definition) is 2. The third-order valence-electron chi connectivity index (χ3n) is 3.46. The van der Waals surface area contributed by atoms with Crippen molar-refractivity contribution in [2.75, 3.05) is 6.54 Å². The second-order valence-electron chi connectivity index (χ2n) is 4.99. The van der Waals surface area contributed by atoms with Crippen LogP contribution < -0.4 is 4.72 Å². The van der Waals surface area contributed by atoms with Crippen LogP contribution in [-0.2, 0) is 10.0 Å². The highest BCUT2D eigenvalue weighted by atomic mass is 79.9. The summed E-state index contributed by atoms with van der Waals surface area (Å²) in [7, 11) is -3.62. The molecule has 0 amide bonds. The summed E-state index contributed by atoms with van der Waals surface area (Å²) >= 11 is 4.37. The van der Waals surface area contributed by atoms with Crippen LogP contribution in [0.2, 0.25) is 0 Å². The summed E-state index contributed by atoms with van der Waals surface area (Å²) in [5, 5.41) is 12.3. The van der Waals surface area contributed by atoms with Gasteiger partial charge in [-0.25, -0.2) is 13.1 Å². The average Bonchev–Trinajstić information content (AvgIpc) is 2.99. The molecule has 1 unspecified atom stereocenters. The van der Waals surface area contributed by atoms with Gasteiger partial charge >= 0.3 is 0 Å². The van der Waals surface area contributed by atoms with Gasteiger partial charge in [0.1, 0.15) is 4.21 Å². The number of sulfonamides is 1. The van der Waals surface area contributed by atoms with Gasteiger partial charge < -0.3 is 5.11 Å². The zero-order chi connectivity index (χ0) is 16.4. The number of benzene rings is 2. The van der Waals surface area contributed by atoms with Gasteiger partial charge in [0.25, 0.3) is 0 Å². The molecule has 0 fully saturated rings. The zero-order valence-electron chi connectivity index (χ0n) is 11.9. The Morgan fingerprint density at radius 3 is 2.57 bits per heavy atom. The number of rotatable bonds is 5. The SMILES string of the molecule is O=S(=O)(NCC(O)c1cccc2ccccc12)c1ccc(Br)s1. The van der Waals surface area contributed by atoms with Crippen molar-refractivity contribution in [1.82, 2.24) is 4.72 Å². The summed E-state index contributed by atoms with van der Waals surface area (Å²) in [6.07, 6.45) is -0.917. The molecule has 1 atom stereocenters. The van der Waals surface area contributed by atoms with Gasteiger partial charge in [-0.1, -0.05) is 42.5 Å². The molecule has 1 heterocycles. The molecule has 0 aliphatic carbocycles. The maximum Gasteiger partial charge on any atom is 0.250 e. The highest BCUT2D eigenvalue weighted by molar-refractivity contribution is 9.11. The molecule has 3 rings (SSSR count). The van der Waals surface area contributed by atoms with E-state index < -0.39 is 16.1 Å². The Bertz CT molecular complexity index is 932. The number of aliphatic hydroxyl groups excluding tert-OH is 1. The fraction of sp³-hybridized carbons (Fsp3) is 0.125. The molecular formula is C16H14BrNO3S2. The fourth-order valence-corrected chi connectivity index (χ4v) is 5.45. The molecule has 0 spiro atoms. The third-order valence-corrected chi connectivity index (χ3v) is 7.00. The zero-order valence-corrected chi connectivity index (χ0v) is 15.2. The number of halogens is 1. The Morgan fingerprint density at radius 2 is 1.83 bits per heavy atom. The molecule has 0 saturated carbocycles. The van der Waals surface area contributed by atoms with Gasteiger partial charge in [0.15, 0.2) is 0 Å². The van der Waals surface area contributed by atoms with Gasteiger partial charge in [0.05, 0.1) is 9.89 Å². The Kier molecular flexibility index (Phi) is 4.84. The van der Waals surface area contributed by atoms with Crippen LogP contribution in [0.1, 0.15) is 11.7 Å². The van der Waals surface area contributed by atoms with Gasteiger partial charge in [-0.15, -0.1) is 11.3 Å². The van der Waals surface area contributed by atoms with Crippen molar-refractivity contribution in [3.8, 4) is 0 Å². The molecule has 0 saturated heterocycles. The van der Waals surface area contributed by atoms with Crippen molar-refractivity contribution in [1.29, 1.82) is 0 Å². The van der Waals surface area contributed by atoms with E-state index in [9.17, 15) is 13.5 Å². The van der Waals surface area contributed by atoms with E-state index >= 15 is 0 Å². The molecule has 2 aromatic carbocycles. The Balaban J connectivity index is 1.80. The lowest BCUT2D eigenvalue weighted by molar-refractivity contribution is 0.183. The van der Waals surface area contributed by atoms with Crippen molar-refractivity contribution in [2.45, 2.75) is 10.3 Å². The minimum atomic E-state index is -3.62. The van der Waals surface area contributed by atoms with Gasteiger partial charge in [0, 0.05) is 6.54 Å². The van der Waals surface area contributed by atoms with Gasteiger partial charge in [-0.05, 0) is 44.4 Å². The molecule has 3 aromatic rings. The molecule has 1 aromatic heterocycles. The van der Waals surface area contributed by atoms with E-state index in [-0.39, 0.29) is 10.8 Å². The van der Waals surface area contributed by atoms with Crippen molar-refractivity contribution in [3.05, 3.63) is 63.9 Å². The lowest BCUT2D eigenvalue weighted by Gasteiger charge is -2.14. The molecule has 0 aliphatic rings. The highest BCUT2D eigenvalue weighted by Gasteiger charge is 2.19. The second-order valence-corrected chi connectivity index (χ2v) is 9.45. The number of aliphatic hydroxyl groups is 1. The molecule has 2 N–H and O–H groups in total. The highest BCUT2D eigenvalue weighted by Crippen LogP contribution is 2.27. The van der Waals surface area contributed by atoms with Gasteiger partial charge in [0.2, 0.25) is 10.0 Å². The Morgan fingerprint density at radius 1 is 1.09 bits per heavy atom. The van der Waals surface area contributed by atoms with E-state index in [4.69, 9.17) is 0 Å². The summed E-state index contributed by atoms with van der Waals surface area (Å²) in [6, 6.07) is 16.5. The molecule has 23 heavy (non-hydrogen) atoms. The van der Waals surface area contributed by atoms with Crippen LogP contribution in [0.5, 0.6) is 0 Å². The molecule has 0 aliphatic heterocycles. The minimum Gasteiger partial charge on any atom is -0.387 e. The number of hydrogen-bond acceptors (Lipinski definition) is 4. The predicted octanol–water partition coefficient (Wildman–Crippen LogP) is 3.68. The lowest BCUT2D eigenvalue weighted by atomic mass is 10.0. The molecule has 120 valence electrons. The normalized spacial score (nSPS) is 13.3. The maximum atomic E-state index is 12.2. The monoisotopic (exact) mass is 411 g/mol. The third kappa shape index (κ3) is 3.64. The molecule has 4 nitrogen and oxygen atoms in total. The fourth-order valence-electron chi connectivity index (χ4n) is 2.35. The van der Waals surface area contributed by atoms with E-state index in [0.717, 1.165) is 25.9 Å². The quantitative estimate of drug-likeness (QED) is 0.672. The van der Waals surface area contributed by atoms with E-state index in [1.165, 1.54) is 6.07 Å². The van der Waals surface area contributed by atoms with E-state index in [2.05, 4.69) is 20.7 Å². The first-order chi connectivity index (χ1) is 11.0. The average molecular weight is 412 g/mol.